The third-order valence-electron chi connectivity index (χ3n) is 4.01. The van der Waals surface area contributed by atoms with Crippen molar-refractivity contribution in [3.8, 4) is 0 Å². The first-order valence-corrected chi connectivity index (χ1v) is 8.15. The average Bonchev–Trinajstić information content (AvgIpc) is 2.60. The Balaban J connectivity index is 1.72. The standard InChI is InChI=1S/C18H22N4O/c1-14-12-16(17(23)22-10-6-3-7-11-22)21-18(20-14)19-13-15-8-4-2-5-9-15/h2,4-5,8-9,12H,3,6-7,10-11,13H2,1H3,(H,19,20,21). The van der Waals surface area contributed by atoms with E-state index in [1.165, 1.54) is 6.42 Å². The molecule has 1 aliphatic heterocycles. The van der Waals surface area contributed by atoms with Crippen LogP contribution < -0.4 is 5.32 Å². The van der Waals surface area contributed by atoms with E-state index in [1.54, 1.807) is 6.07 Å². The van der Waals surface area contributed by atoms with Crippen LogP contribution in [0.5, 0.6) is 0 Å². The van der Waals surface area contributed by atoms with Gasteiger partial charge in [-0.15, -0.1) is 0 Å². The van der Waals surface area contributed by atoms with Crippen LogP contribution in [-0.2, 0) is 6.54 Å². The third-order valence-corrected chi connectivity index (χ3v) is 4.01. The number of carbonyl (C=O) groups excluding carboxylic acids is 1. The highest BCUT2D eigenvalue weighted by molar-refractivity contribution is 5.92. The van der Waals surface area contributed by atoms with Gasteiger partial charge in [-0.2, -0.15) is 0 Å². The summed E-state index contributed by atoms with van der Waals surface area (Å²) in [5, 5.41) is 3.21. The molecular weight excluding hydrogens is 288 g/mol. The molecule has 0 bridgehead atoms. The first kappa shape index (κ1) is 15.5. The molecule has 1 amide bonds. The van der Waals surface area contributed by atoms with Crippen molar-refractivity contribution in [2.24, 2.45) is 0 Å². The lowest BCUT2D eigenvalue weighted by molar-refractivity contribution is 0.0718. The molecule has 1 saturated heterocycles. The lowest BCUT2D eigenvalue weighted by Gasteiger charge is -2.26. The molecule has 3 rings (SSSR count). The van der Waals surface area contributed by atoms with E-state index in [9.17, 15) is 4.79 Å². The maximum absolute atomic E-state index is 12.6. The van der Waals surface area contributed by atoms with Gasteiger partial charge in [0.25, 0.3) is 5.91 Å². The predicted molar refractivity (Wildman–Crippen MR) is 90.3 cm³/mol. The Morgan fingerprint density at radius 1 is 1.13 bits per heavy atom. The van der Waals surface area contributed by atoms with Gasteiger partial charge in [-0.1, -0.05) is 30.3 Å². The Morgan fingerprint density at radius 3 is 2.61 bits per heavy atom. The van der Waals surface area contributed by atoms with Gasteiger partial charge in [0, 0.05) is 25.3 Å². The van der Waals surface area contributed by atoms with Crippen molar-refractivity contribution >= 4 is 11.9 Å². The number of rotatable bonds is 4. The highest BCUT2D eigenvalue weighted by atomic mass is 16.2. The fourth-order valence-corrected chi connectivity index (χ4v) is 2.79. The van der Waals surface area contributed by atoms with Crippen LogP contribution in [0.15, 0.2) is 36.4 Å². The largest absolute Gasteiger partial charge is 0.350 e. The molecule has 0 saturated carbocycles. The van der Waals surface area contributed by atoms with Crippen molar-refractivity contribution in [3.05, 3.63) is 53.3 Å². The summed E-state index contributed by atoms with van der Waals surface area (Å²) in [6, 6.07) is 11.8. The molecule has 5 nitrogen and oxygen atoms in total. The SMILES string of the molecule is Cc1cc(C(=O)N2CCCCC2)nc(NCc2ccccc2)n1. The molecular formula is C18H22N4O. The van der Waals surface area contributed by atoms with Crippen LogP contribution >= 0.6 is 0 Å². The Kier molecular flexibility index (Phi) is 4.86. The number of likely N-dealkylation sites (tertiary alicyclic amines) is 1. The Morgan fingerprint density at radius 2 is 1.87 bits per heavy atom. The summed E-state index contributed by atoms with van der Waals surface area (Å²) >= 11 is 0. The summed E-state index contributed by atoms with van der Waals surface area (Å²) in [7, 11) is 0. The normalized spacial score (nSPS) is 14.6. The molecule has 0 spiro atoms. The van der Waals surface area contributed by atoms with Gasteiger partial charge in [-0.3, -0.25) is 4.79 Å². The quantitative estimate of drug-likeness (QED) is 0.943. The van der Waals surface area contributed by atoms with Crippen LogP contribution in [0.2, 0.25) is 0 Å². The molecule has 120 valence electrons. The number of piperidine rings is 1. The first-order chi connectivity index (χ1) is 11.2. The molecule has 0 unspecified atom stereocenters. The summed E-state index contributed by atoms with van der Waals surface area (Å²) in [5.74, 6) is 0.521. The predicted octanol–water partition coefficient (Wildman–Crippen LogP) is 3.02. The van der Waals surface area contributed by atoms with Crippen molar-refractivity contribution in [1.82, 2.24) is 14.9 Å². The number of nitrogens with zero attached hydrogens (tertiary/aromatic N) is 3. The number of aryl methyl sites for hydroxylation is 1. The number of aromatic nitrogens is 2. The highest BCUT2D eigenvalue weighted by Gasteiger charge is 2.20. The maximum atomic E-state index is 12.6. The van der Waals surface area contributed by atoms with Crippen LogP contribution in [0.3, 0.4) is 0 Å². The van der Waals surface area contributed by atoms with Crippen LogP contribution in [0.25, 0.3) is 0 Å². The van der Waals surface area contributed by atoms with Crippen molar-refractivity contribution in [2.45, 2.75) is 32.7 Å². The van der Waals surface area contributed by atoms with Crippen molar-refractivity contribution in [3.63, 3.8) is 0 Å². The minimum atomic E-state index is 0.0120. The highest BCUT2D eigenvalue weighted by Crippen LogP contribution is 2.14. The fraction of sp³-hybridized carbons (Fsp3) is 0.389. The topological polar surface area (TPSA) is 58.1 Å². The van der Waals surface area contributed by atoms with Crippen LogP contribution in [0.4, 0.5) is 5.95 Å². The van der Waals surface area contributed by atoms with E-state index in [-0.39, 0.29) is 5.91 Å². The van der Waals surface area contributed by atoms with E-state index < -0.39 is 0 Å². The lowest BCUT2D eigenvalue weighted by atomic mass is 10.1. The van der Waals surface area contributed by atoms with E-state index in [1.807, 2.05) is 42.2 Å². The van der Waals surface area contributed by atoms with E-state index in [4.69, 9.17) is 0 Å². The zero-order chi connectivity index (χ0) is 16.1. The van der Waals surface area contributed by atoms with Gasteiger partial charge in [-0.25, -0.2) is 9.97 Å². The monoisotopic (exact) mass is 310 g/mol. The van der Waals surface area contributed by atoms with Gasteiger partial charge in [0.1, 0.15) is 5.69 Å². The minimum Gasteiger partial charge on any atom is -0.350 e. The van der Waals surface area contributed by atoms with Crippen LogP contribution in [0, 0.1) is 6.92 Å². The van der Waals surface area contributed by atoms with Crippen molar-refractivity contribution in [1.29, 1.82) is 0 Å². The molecule has 23 heavy (non-hydrogen) atoms. The van der Waals surface area contributed by atoms with Gasteiger partial charge in [0.15, 0.2) is 0 Å². The molecule has 5 heteroatoms. The number of hydrogen-bond acceptors (Lipinski definition) is 4. The number of benzene rings is 1. The molecule has 1 fully saturated rings. The van der Waals surface area contributed by atoms with E-state index in [0.717, 1.165) is 37.2 Å². The number of amides is 1. The second-order valence-electron chi connectivity index (χ2n) is 5.91. The van der Waals surface area contributed by atoms with Crippen molar-refractivity contribution < 1.29 is 4.79 Å². The molecule has 1 N–H and O–H groups in total. The fourth-order valence-electron chi connectivity index (χ4n) is 2.79. The third kappa shape index (κ3) is 4.06. The molecule has 0 radical (unpaired) electrons. The molecule has 2 heterocycles. The lowest BCUT2D eigenvalue weighted by Crippen LogP contribution is -2.36. The Labute approximate surface area is 136 Å². The average molecular weight is 310 g/mol. The molecule has 0 aliphatic carbocycles. The van der Waals surface area contributed by atoms with Gasteiger partial charge in [-0.05, 0) is 37.8 Å². The summed E-state index contributed by atoms with van der Waals surface area (Å²) in [6.45, 7) is 4.19. The number of nitrogens with one attached hydrogen (secondary N) is 1. The Hall–Kier alpha value is -2.43. The zero-order valence-electron chi connectivity index (χ0n) is 13.5. The van der Waals surface area contributed by atoms with Crippen LogP contribution in [-0.4, -0.2) is 33.9 Å². The number of hydrogen-bond donors (Lipinski definition) is 1. The molecule has 1 aromatic heterocycles. The maximum Gasteiger partial charge on any atom is 0.272 e. The van der Waals surface area contributed by atoms with E-state index in [2.05, 4.69) is 15.3 Å². The van der Waals surface area contributed by atoms with Gasteiger partial charge in [0.2, 0.25) is 5.95 Å². The van der Waals surface area contributed by atoms with Gasteiger partial charge in [0.05, 0.1) is 0 Å². The smallest absolute Gasteiger partial charge is 0.272 e. The number of anilines is 1. The molecule has 1 aromatic carbocycles. The summed E-state index contributed by atoms with van der Waals surface area (Å²) in [4.78, 5) is 23.3. The second-order valence-corrected chi connectivity index (χ2v) is 5.91. The molecule has 2 aromatic rings. The van der Waals surface area contributed by atoms with Crippen LogP contribution in [0.1, 0.15) is 41.0 Å². The minimum absolute atomic E-state index is 0.0120. The number of carbonyl (C=O) groups is 1. The zero-order valence-corrected chi connectivity index (χ0v) is 13.5. The summed E-state index contributed by atoms with van der Waals surface area (Å²) in [5.41, 5.74) is 2.44. The van der Waals surface area contributed by atoms with Gasteiger partial charge >= 0.3 is 0 Å². The second kappa shape index (κ2) is 7.22. The molecule has 1 aliphatic rings. The first-order valence-electron chi connectivity index (χ1n) is 8.15. The van der Waals surface area contributed by atoms with Gasteiger partial charge < -0.3 is 10.2 Å². The molecule has 0 atom stereocenters. The summed E-state index contributed by atoms with van der Waals surface area (Å²) < 4.78 is 0. The van der Waals surface area contributed by atoms with E-state index >= 15 is 0 Å². The Bertz CT molecular complexity index is 666. The van der Waals surface area contributed by atoms with E-state index in [0.29, 0.717) is 18.2 Å². The summed E-state index contributed by atoms with van der Waals surface area (Å²) in [6.07, 6.45) is 3.36. The van der Waals surface area contributed by atoms with Crippen molar-refractivity contribution in [2.75, 3.05) is 18.4 Å².